The second kappa shape index (κ2) is 7.70. The Labute approximate surface area is 126 Å². The van der Waals surface area contributed by atoms with Crippen molar-refractivity contribution in [3.8, 4) is 11.5 Å². The van der Waals surface area contributed by atoms with Crippen LogP contribution >= 0.6 is 0 Å². The zero-order valence-corrected chi connectivity index (χ0v) is 12.9. The Bertz CT molecular complexity index is 569. The molecule has 1 N–H and O–H groups in total. The first-order valence-corrected chi connectivity index (χ1v) is 7.39. The van der Waals surface area contributed by atoms with E-state index < -0.39 is 0 Å². The molecule has 0 saturated carbocycles. The number of ether oxygens (including phenoxy) is 2. The van der Waals surface area contributed by atoms with Gasteiger partial charge >= 0.3 is 0 Å². The summed E-state index contributed by atoms with van der Waals surface area (Å²) in [6.45, 7) is 5.65. The van der Waals surface area contributed by atoms with E-state index in [4.69, 9.17) is 9.47 Å². The Balaban J connectivity index is 2.42. The van der Waals surface area contributed by atoms with E-state index in [0.29, 0.717) is 6.61 Å². The standard InChI is InChI=1S/C18H23NO2/c1-4-19-18(14-9-8-10-15(13-14)20-3)16-11-6-7-12-17(16)21-5-2/h6-13,18-19H,4-5H2,1-3H3. The monoisotopic (exact) mass is 285 g/mol. The Kier molecular flexibility index (Phi) is 5.64. The lowest BCUT2D eigenvalue weighted by molar-refractivity contribution is 0.333. The smallest absolute Gasteiger partial charge is 0.124 e. The number of rotatable bonds is 7. The van der Waals surface area contributed by atoms with E-state index in [1.54, 1.807) is 7.11 Å². The van der Waals surface area contributed by atoms with Gasteiger partial charge in [0.2, 0.25) is 0 Å². The molecule has 0 aliphatic rings. The van der Waals surface area contributed by atoms with Crippen LogP contribution in [0.4, 0.5) is 0 Å². The highest BCUT2D eigenvalue weighted by Gasteiger charge is 2.17. The van der Waals surface area contributed by atoms with Crippen LogP contribution in [0.15, 0.2) is 48.5 Å². The van der Waals surface area contributed by atoms with E-state index in [9.17, 15) is 0 Å². The molecule has 0 saturated heterocycles. The molecule has 0 fully saturated rings. The van der Waals surface area contributed by atoms with Gasteiger partial charge in [0.15, 0.2) is 0 Å². The molecule has 0 aliphatic carbocycles. The highest BCUT2D eigenvalue weighted by atomic mass is 16.5. The van der Waals surface area contributed by atoms with Crippen molar-refractivity contribution in [2.24, 2.45) is 0 Å². The average molecular weight is 285 g/mol. The minimum Gasteiger partial charge on any atom is -0.497 e. The summed E-state index contributed by atoms with van der Waals surface area (Å²) in [5, 5.41) is 3.53. The SMILES string of the molecule is CCNC(c1cccc(OC)c1)c1ccccc1OCC. The zero-order valence-electron chi connectivity index (χ0n) is 12.9. The second-order valence-electron chi connectivity index (χ2n) is 4.74. The maximum atomic E-state index is 5.77. The molecule has 0 spiro atoms. The summed E-state index contributed by atoms with van der Waals surface area (Å²) < 4.78 is 11.1. The molecule has 0 amide bonds. The minimum absolute atomic E-state index is 0.0906. The van der Waals surface area contributed by atoms with Gasteiger partial charge in [-0.05, 0) is 37.2 Å². The lowest BCUT2D eigenvalue weighted by atomic mass is 9.97. The third-order valence-corrected chi connectivity index (χ3v) is 3.37. The van der Waals surface area contributed by atoms with Crippen LogP contribution in [-0.4, -0.2) is 20.3 Å². The van der Waals surface area contributed by atoms with Gasteiger partial charge in [-0.3, -0.25) is 0 Å². The number of benzene rings is 2. The van der Waals surface area contributed by atoms with Crippen LogP contribution < -0.4 is 14.8 Å². The van der Waals surface area contributed by atoms with E-state index in [1.165, 1.54) is 5.56 Å². The zero-order chi connectivity index (χ0) is 15.1. The van der Waals surface area contributed by atoms with Gasteiger partial charge in [0.1, 0.15) is 11.5 Å². The predicted octanol–water partition coefficient (Wildman–Crippen LogP) is 3.79. The quantitative estimate of drug-likeness (QED) is 0.839. The van der Waals surface area contributed by atoms with Crippen LogP contribution in [0.2, 0.25) is 0 Å². The molecular formula is C18H23NO2. The topological polar surface area (TPSA) is 30.5 Å². The van der Waals surface area contributed by atoms with Gasteiger partial charge in [-0.15, -0.1) is 0 Å². The summed E-state index contributed by atoms with van der Waals surface area (Å²) in [5.41, 5.74) is 2.32. The molecule has 0 radical (unpaired) electrons. The van der Waals surface area contributed by atoms with E-state index in [-0.39, 0.29) is 6.04 Å². The van der Waals surface area contributed by atoms with Gasteiger partial charge in [0.25, 0.3) is 0 Å². The van der Waals surface area contributed by atoms with Crippen molar-refractivity contribution in [1.29, 1.82) is 0 Å². The normalized spacial score (nSPS) is 12.0. The maximum Gasteiger partial charge on any atom is 0.124 e. The van der Waals surface area contributed by atoms with Crippen molar-refractivity contribution in [2.45, 2.75) is 19.9 Å². The summed E-state index contributed by atoms with van der Waals surface area (Å²) in [7, 11) is 1.69. The molecular weight excluding hydrogens is 262 g/mol. The summed E-state index contributed by atoms with van der Waals surface area (Å²) >= 11 is 0. The van der Waals surface area contributed by atoms with Gasteiger partial charge in [0, 0.05) is 5.56 Å². The van der Waals surface area contributed by atoms with Gasteiger partial charge in [-0.1, -0.05) is 37.3 Å². The first-order chi connectivity index (χ1) is 10.3. The van der Waals surface area contributed by atoms with Crippen LogP contribution in [0.25, 0.3) is 0 Å². The van der Waals surface area contributed by atoms with Crippen molar-refractivity contribution in [1.82, 2.24) is 5.32 Å². The molecule has 1 atom stereocenters. The fourth-order valence-corrected chi connectivity index (χ4v) is 2.44. The molecule has 0 aliphatic heterocycles. The Morgan fingerprint density at radius 1 is 1.05 bits per heavy atom. The van der Waals surface area contributed by atoms with Gasteiger partial charge in [0.05, 0.1) is 19.8 Å². The van der Waals surface area contributed by atoms with E-state index >= 15 is 0 Å². The highest BCUT2D eigenvalue weighted by molar-refractivity contribution is 5.43. The molecule has 112 valence electrons. The Morgan fingerprint density at radius 3 is 2.57 bits per heavy atom. The van der Waals surface area contributed by atoms with Crippen LogP contribution in [0.5, 0.6) is 11.5 Å². The van der Waals surface area contributed by atoms with E-state index in [0.717, 1.165) is 23.6 Å². The maximum absolute atomic E-state index is 5.77. The fraction of sp³-hybridized carbons (Fsp3) is 0.333. The van der Waals surface area contributed by atoms with E-state index in [2.05, 4.69) is 30.4 Å². The molecule has 3 heteroatoms. The average Bonchev–Trinajstić information content (AvgIpc) is 2.54. The van der Waals surface area contributed by atoms with Crippen LogP contribution in [-0.2, 0) is 0 Å². The number of nitrogens with one attached hydrogen (secondary N) is 1. The van der Waals surface area contributed by atoms with Crippen LogP contribution in [0.3, 0.4) is 0 Å². The molecule has 1 unspecified atom stereocenters. The van der Waals surface area contributed by atoms with Crippen LogP contribution in [0.1, 0.15) is 31.0 Å². The molecule has 0 aromatic heterocycles. The number of para-hydroxylation sites is 1. The first kappa shape index (κ1) is 15.4. The minimum atomic E-state index is 0.0906. The number of methoxy groups -OCH3 is 1. The number of hydrogen-bond acceptors (Lipinski definition) is 3. The summed E-state index contributed by atoms with van der Waals surface area (Å²) in [6, 6.07) is 16.4. The molecule has 2 rings (SSSR count). The molecule has 0 heterocycles. The molecule has 0 bridgehead atoms. The summed E-state index contributed by atoms with van der Waals surface area (Å²) in [4.78, 5) is 0. The van der Waals surface area contributed by atoms with Crippen molar-refractivity contribution >= 4 is 0 Å². The lowest BCUT2D eigenvalue weighted by Gasteiger charge is -2.22. The molecule has 3 nitrogen and oxygen atoms in total. The van der Waals surface area contributed by atoms with Gasteiger partial charge < -0.3 is 14.8 Å². The summed E-state index contributed by atoms with van der Waals surface area (Å²) in [5.74, 6) is 1.79. The van der Waals surface area contributed by atoms with Crippen molar-refractivity contribution < 1.29 is 9.47 Å². The molecule has 2 aromatic carbocycles. The Morgan fingerprint density at radius 2 is 1.86 bits per heavy atom. The third-order valence-electron chi connectivity index (χ3n) is 3.37. The first-order valence-electron chi connectivity index (χ1n) is 7.39. The van der Waals surface area contributed by atoms with Crippen LogP contribution in [0, 0.1) is 0 Å². The molecule has 21 heavy (non-hydrogen) atoms. The molecule has 2 aromatic rings. The lowest BCUT2D eigenvalue weighted by Crippen LogP contribution is -2.22. The second-order valence-corrected chi connectivity index (χ2v) is 4.74. The Hall–Kier alpha value is -2.00. The van der Waals surface area contributed by atoms with Crippen molar-refractivity contribution in [2.75, 3.05) is 20.3 Å². The largest absolute Gasteiger partial charge is 0.497 e. The van der Waals surface area contributed by atoms with E-state index in [1.807, 2.05) is 37.3 Å². The van der Waals surface area contributed by atoms with Crippen molar-refractivity contribution in [3.63, 3.8) is 0 Å². The number of hydrogen-bond donors (Lipinski definition) is 1. The predicted molar refractivity (Wildman–Crippen MR) is 86.1 cm³/mol. The van der Waals surface area contributed by atoms with Gasteiger partial charge in [-0.25, -0.2) is 0 Å². The van der Waals surface area contributed by atoms with Gasteiger partial charge in [-0.2, -0.15) is 0 Å². The summed E-state index contributed by atoms with van der Waals surface area (Å²) in [6.07, 6.45) is 0. The third kappa shape index (κ3) is 3.76. The highest BCUT2D eigenvalue weighted by Crippen LogP contribution is 2.31. The fourth-order valence-electron chi connectivity index (χ4n) is 2.44. The van der Waals surface area contributed by atoms with Crippen molar-refractivity contribution in [3.05, 3.63) is 59.7 Å².